The Bertz CT molecular complexity index is 254. The number of carbonyl (C=O) groups excluding carboxylic acids is 1. The lowest BCUT2D eigenvalue weighted by atomic mass is 10.2. The van der Waals surface area contributed by atoms with Crippen LogP contribution in [0, 0.1) is 0 Å². The smallest absolute Gasteiger partial charge is 0.138 e. The number of ketones is 1. The molecular formula is C7H11N3O. The highest BCUT2D eigenvalue weighted by Crippen LogP contribution is 1.95. The number of Topliss-reactive ketones (excluding diaryl/α,β-unsaturated/α-hetero) is 1. The lowest BCUT2D eigenvalue weighted by Gasteiger charge is -1.89. The van der Waals surface area contributed by atoms with Gasteiger partial charge in [0.15, 0.2) is 0 Å². The molecular weight excluding hydrogens is 142 g/mol. The number of nitrogens with zero attached hydrogens (tertiary/aromatic N) is 3. The molecule has 4 nitrogen and oxygen atoms in total. The van der Waals surface area contributed by atoms with E-state index >= 15 is 0 Å². The van der Waals surface area contributed by atoms with Gasteiger partial charge in [-0.1, -0.05) is 12.1 Å². The monoisotopic (exact) mass is 153 g/mol. The molecule has 11 heavy (non-hydrogen) atoms. The van der Waals surface area contributed by atoms with Gasteiger partial charge in [-0.3, -0.25) is 9.48 Å². The Labute approximate surface area is 65.2 Å². The lowest BCUT2D eigenvalue weighted by Crippen LogP contribution is -2.00. The fraction of sp³-hybridized carbons (Fsp3) is 0.571. The Morgan fingerprint density at radius 3 is 2.91 bits per heavy atom. The Kier molecular flexibility index (Phi) is 2.36. The largest absolute Gasteiger partial charge is 0.299 e. The molecule has 1 aromatic rings. The molecule has 0 spiro atoms. The van der Waals surface area contributed by atoms with Crippen LogP contribution in [0.4, 0.5) is 0 Å². The van der Waals surface area contributed by atoms with Crippen molar-refractivity contribution in [2.24, 2.45) is 7.05 Å². The van der Waals surface area contributed by atoms with Crippen LogP contribution in [0.25, 0.3) is 0 Å². The first-order chi connectivity index (χ1) is 5.22. The summed E-state index contributed by atoms with van der Waals surface area (Å²) in [6.45, 7) is 1.85. The van der Waals surface area contributed by atoms with Crippen LogP contribution < -0.4 is 0 Å². The van der Waals surface area contributed by atoms with Gasteiger partial charge < -0.3 is 0 Å². The van der Waals surface area contributed by atoms with Crippen LogP contribution in [-0.2, 0) is 18.3 Å². The van der Waals surface area contributed by atoms with Crippen LogP contribution in [0.3, 0.4) is 0 Å². The Balaban J connectivity index is 2.57. The summed E-state index contributed by atoms with van der Waals surface area (Å²) in [5.74, 6) is 0.200. The molecule has 0 bridgehead atoms. The van der Waals surface area contributed by atoms with Crippen molar-refractivity contribution in [2.75, 3.05) is 0 Å². The maximum absolute atomic E-state index is 10.9. The second-order valence-corrected chi connectivity index (χ2v) is 2.45. The average molecular weight is 153 g/mol. The van der Waals surface area contributed by atoms with Gasteiger partial charge in [-0.2, -0.15) is 0 Å². The summed E-state index contributed by atoms with van der Waals surface area (Å²) < 4.78 is 1.60. The van der Waals surface area contributed by atoms with Crippen molar-refractivity contribution in [3.8, 4) is 0 Å². The van der Waals surface area contributed by atoms with E-state index in [9.17, 15) is 4.79 Å². The Morgan fingerprint density at radius 1 is 1.73 bits per heavy atom. The van der Waals surface area contributed by atoms with Gasteiger partial charge >= 0.3 is 0 Å². The normalized spacial score (nSPS) is 10.0. The van der Waals surface area contributed by atoms with E-state index in [1.165, 1.54) is 0 Å². The summed E-state index contributed by atoms with van der Waals surface area (Å²) >= 11 is 0. The summed E-state index contributed by atoms with van der Waals surface area (Å²) in [6, 6.07) is 0. The molecule has 0 fully saturated rings. The molecule has 0 unspecified atom stereocenters. The first-order valence-corrected chi connectivity index (χ1v) is 3.59. The predicted molar refractivity (Wildman–Crippen MR) is 40.0 cm³/mol. The van der Waals surface area contributed by atoms with Crippen LogP contribution in [0.2, 0.25) is 0 Å². The zero-order valence-corrected chi connectivity index (χ0v) is 6.74. The molecule has 0 atom stereocenters. The highest BCUT2D eigenvalue weighted by Gasteiger charge is 2.03. The first-order valence-electron chi connectivity index (χ1n) is 3.59. The topological polar surface area (TPSA) is 47.8 Å². The minimum atomic E-state index is 0.200. The van der Waals surface area contributed by atoms with Gasteiger partial charge in [0.05, 0.1) is 12.1 Å². The fourth-order valence-corrected chi connectivity index (χ4v) is 0.803. The van der Waals surface area contributed by atoms with E-state index in [0.29, 0.717) is 12.8 Å². The van der Waals surface area contributed by atoms with Crippen LogP contribution in [0.1, 0.15) is 19.0 Å². The molecule has 60 valence electrons. The summed E-state index contributed by atoms with van der Waals surface area (Å²) in [6.07, 6.45) is 2.73. The van der Waals surface area contributed by atoms with Crippen LogP contribution >= 0.6 is 0 Å². The number of hydrogen-bond acceptors (Lipinski definition) is 3. The molecule has 0 saturated carbocycles. The quantitative estimate of drug-likeness (QED) is 0.629. The molecule has 0 N–H and O–H groups in total. The Morgan fingerprint density at radius 2 is 2.45 bits per heavy atom. The third-order valence-electron chi connectivity index (χ3n) is 1.42. The molecule has 0 amide bonds. The highest BCUT2D eigenvalue weighted by atomic mass is 16.1. The van der Waals surface area contributed by atoms with Crippen molar-refractivity contribution in [1.82, 2.24) is 15.0 Å². The van der Waals surface area contributed by atoms with E-state index in [0.717, 1.165) is 5.69 Å². The van der Waals surface area contributed by atoms with Gasteiger partial charge in [-0.05, 0) is 0 Å². The first kappa shape index (κ1) is 7.91. The molecule has 0 saturated heterocycles. The predicted octanol–water partition coefficient (Wildman–Crippen LogP) is 0.337. The molecule has 1 rings (SSSR count). The van der Waals surface area contributed by atoms with Crippen molar-refractivity contribution in [3.05, 3.63) is 11.9 Å². The molecule has 0 aliphatic rings. The van der Waals surface area contributed by atoms with Gasteiger partial charge in [0.25, 0.3) is 0 Å². The molecule has 0 radical (unpaired) electrons. The minimum Gasteiger partial charge on any atom is -0.299 e. The zero-order valence-electron chi connectivity index (χ0n) is 6.74. The van der Waals surface area contributed by atoms with Gasteiger partial charge in [0, 0.05) is 19.7 Å². The third kappa shape index (κ3) is 2.14. The summed E-state index contributed by atoms with van der Waals surface area (Å²) in [5, 5.41) is 7.51. The number of rotatable bonds is 3. The van der Waals surface area contributed by atoms with Crippen LogP contribution in [-0.4, -0.2) is 20.8 Å². The maximum atomic E-state index is 10.9. The van der Waals surface area contributed by atoms with E-state index < -0.39 is 0 Å². The summed E-state index contributed by atoms with van der Waals surface area (Å²) in [7, 11) is 1.78. The molecule has 4 heteroatoms. The van der Waals surface area contributed by atoms with Crippen molar-refractivity contribution in [3.63, 3.8) is 0 Å². The molecule has 0 aromatic carbocycles. The molecule has 1 aromatic heterocycles. The number of hydrogen-bond donors (Lipinski definition) is 0. The minimum absolute atomic E-state index is 0.200. The van der Waals surface area contributed by atoms with E-state index in [-0.39, 0.29) is 5.78 Å². The molecule has 1 heterocycles. The van der Waals surface area contributed by atoms with Gasteiger partial charge in [0.2, 0.25) is 0 Å². The average Bonchev–Trinajstić information content (AvgIpc) is 2.35. The SMILES string of the molecule is CCC(=O)Cc1cn(C)nn1. The van der Waals surface area contributed by atoms with Crippen LogP contribution in [0.5, 0.6) is 0 Å². The second-order valence-electron chi connectivity index (χ2n) is 2.45. The molecule has 0 aliphatic carbocycles. The number of aromatic nitrogens is 3. The van der Waals surface area contributed by atoms with Gasteiger partial charge in [-0.25, -0.2) is 0 Å². The van der Waals surface area contributed by atoms with Gasteiger partial charge in [0.1, 0.15) is 5.78 Å². The lowest BCUT2D eigenvalue weighted by molar-refractivity contribution is -0.118. The van der Waals surface area contributed by atoms with E-state index in [4.69, 9.17) is 0 Å². The van der Waals surface area contributed by atoms with Crippen molar-refractivity contribution in [2.45, 2.75) is 19.8 Å². The van der Waals surface area contributed by atoms with Crippen molar-refractivity contribution >= 4 is 5.78 Å². The van der Waals surface area contributed by atoms with Crippen molar-refractivity contribution < 1.29 is 4.79 Å². The summed E-state index contributed by atoms with van der Waals surface area (Å²) in [5.41, 5.74) is 0.749. The van der Waals surface area contributed by atoms with E-state index in [2.05, 4.69) is 10.3 Å². The van der Waals surface area contributed by atoms with E-state index in [1.54, 1.807) is 17.9 Å². The van der Waals surface area contributed by atoms with E-state index in [1.807, 2.05) is 6.92 Å². The number of aryl methyl sites for hydroxylation is 1. The second kappa shape index (κ2) is 3.27. The fourth-order valence-electron chi connectivity index (χ4n) is 0.803. The standard InChI is InChI=1S/C7H11N3O/c1-3-7(11)4-6-5-10(2)9-8-6/h5H,3-4H2,1-2H3. The highest BCUT2D eigenvalue weighted by molar-refractivity contribution is 5.79. The van der Waals surface area contributed by atoms with Crippen molar-refractivity contribution in [1.29, 1.82) is 0 Å². The van der Waals surface area contributed by atoms with Gasteiger partial charge in [-0.15, -0.1) is 5.10 Å². The maximum Gasteiger partial charge on any atom is 0.138 e. The number of carbonyl (C=O) groups is 1. The zero-order chi connectivity index (χ0) is 8.27. The third-order valence-corrected chi connectivity index (χ3v) is 1.42. The van der Waals surface area contributed by atoms with Crippen LogP contribution in [0.15, 0.2) is 6.20 Å². The summed E-state index contributed by atoms with van der Waals surface area (Å²) in [4.78, 5) is 10.9. The molecule has 0 aliphatic heterocycles. The Hall–Kier alpha value is -1.19.